The van der Waals surface area contributed by atoms with Crippen LogP contribution in [0.25, 0.3) is 0 Å². The number of fused-ring (bicyclic) bond motifs is 5. The highest BCUT2D eigenvalue weighted by atomic mass is 16.6. The monoisotopic (exact) mass is 551 g/mol. The Hall–Kier alpha value is -2.44. The third kappa shape index (κ3) is 4.96. The molecule has 1 aromatic carbocycles. The minimum absolute atomic E-state index is 0.0213. The van der Waals surface area contributed by atoms with Gasteiger partial charge in [-0.05, 0) is 92.1 Å². The first-order valence-corrected chi connectivity index (χ1v) is 15.9. The summed E-state index contributed by atoms with van der Waals surface area (Å²) in [6, 6.07) is 6.76. The Morgan fingerprint density at radius 3 is 2.38 bits per heavy atom. The van der Waals surface area contributed by atoms with Crippen LogP contribution in [0, 0.1) is 38.7 Å². The molecule has 7 nitrogen and oxygen atoms in total. The number of amides is 2. The van der Waals surface area contributed by atoms with Crippen molar-refractivity contribution in [3.8, 4) is 0 Å². The fraction of sp³-hybridized carbons (Fsp3) is 0.758. The van der Waals surface area contributed by atoms with Crippen LogP contribution in [0.4, 0.5) is 5.69 Å². The van der Waals surface area contributed by atoms with Gasteiger partial charge in [-0.1, -0.05) is 46.5 Å². The number of benzene rings is 1. The van der Waals surface area contributed by atoms with Crippen molar-refractivity contribution in [2.45, 2.75) is 116 Å². The zero-order valence-corrected chi connectivity index (χ0v) is 25.1. The van der Waals surface area contributed by atoms with Gasteiger partial charge in [0.15, 0.2) is 0 Å². The maximum atomic E-state index is 14.1. The number of nitrogens with zero attached hydrogens (tertiary/aromatic N) is 3. The first kappa shape index (κ1) is 29.1. The quantitative estimate of drug-likeness (QED) is 0.184. The van der Waals surface area contributed by atoms with Gasteiger partial charge in [0.25, 0.3) is 11.6 Å². The van der Waals surface area contributed by atoms with Gasteiger partial charge in [0.05, 0.1) is 4.92 Å². The van der Waals surface area contributed by atoms with E-state index in [0.717, 1.165) is 51.5 Å². The molecule has 40 heavy (non-hydrogen) atoms. The summed E-state index contributed by atoms with van der Waals surface area (Å²) in [6.07, 6.45) is 14.2. The third-order valence-corrected chi connectivity index (χ3v) is 12.0. The number of piperidine rings is 1. The number of likely N-dealkylation sites (tertiary alicyclic amines) is 1. The molecule has 4 aliphatic rings. The van der Waals surface area contributed by atoms with E-state index in [1.54, 1.807) is 12.1 Å². The van der Waals surface area contributed by atoms with Crippen LogP contribution in [0.3, 0.4) is 0 Å². The van der Waals surface area contributed by atoms with Gasteiger partial charge in [-0.2, -0.15) is 0 Å². The minimum atomic E-state index is -0.407. The van der Waals surface area contributed by atoms with E-state index in [-0.39, 0.29) is 28.5 Å². The number of hydrogen-bond acceptors (Lipinski definition) is 4. The van der Waals surface area contributed by atoms with Crippen LogP contribution in [-0.2, 0) is 4.79 Å². The highest BCUT2D eigenvalue weighted by Gasteiger charge is 2.62. The standard InChI is InChI=1S/C33H49N3O4/c1-5-6-7-8-9-22-35(31(38)23-10-12-24(13-11-23)36(39)40)29-17-15-26-25-14-16-28-32(2,21-19-30(37)34(28)4)27(25)18-20-33(26,29)3/h10-13,25-29H,5-9,14-22H2,1-4H3/t25-,26-,27-,28+,29-,32+,33-/m0/s1. The Labute approximate surface area is 240 Å². The fourth-order valence-corrected chi connectivity index (χ4v) is 9.81. The molecule has 1 saturated heterocycles. The SMILES string of the molecule is CCCCCCCN(C(=O)c1ccc([N+](=O)[O-])cc1)[C@H]1CC[C@H]2[C@@H]3CC[C@H]4N(C)C(=O)CC[C@]4(C)[C@H]3CC[C@]12C. The zero-order chi connectivity index (χ0) is 28.7. The maximum absolute atomic E-state index is 14.1. The molecule has 0 unspecified atom stereocenters. The smallest absolute Gasteiger partial charge is 0.269 e. The topological polar surface area (TPSA) is 83.8 Å². The molecule has 1 heterocycles. The molecule has 3 saturated carbocycles. The number of hydrogen-bond donors (Lipinski definition) is 0. The molecule has 220 valence electrons. The predicted octanol–water partition coefficient (Wildman–Crippen LogP) is 7.24. The summed E-state index contributed by atoms with van der Waals surface area (Å²) in [5, 5.41) is 11.2. The van der Waals surface area contributed by atoms with E-state index in [1.807, 2.05) is 7.05 Å². The van der Waals surface area contributed by atoms with Gasteiger partial charge >= 0.3 is 0 Å². The number of carbonyl (C=O) groups is 2. The Balaban J connectivity index is 1.38. The van der Waals surface area contributed by atoms with E-state index >= 15 is 0 Å². The Bertz CT molecular complexity index is 1110. The molecule has 7 atom stereocenters. The molecule has 5 rings (SSSR count). The largest absolute Gasteiger partial charge is 0.342 e. The summed E-state index contributed by atoms with van der Waals surface area (Å²) in [7, 11) is 2.02. The summed E-state index contributed by atoms with van der Waals surface area (Å²) in [5.41, 5.74) is 0.856. The van der Waals surface area contributed by atoms with Crippen LogP contribution < -0.4 is 0 Å². The van der Waals surface area contributed by atoms with Crippen LogP contribution in [0.15, 0.2) is 24.3 Å². The molecule has 0 bridgehead atoms. The normalized spacial score (nSPS) is 35.0. The summed E-state index contributed by atoms with van der Waals surface area (Å²) < 4.78 is 0. The number of carbonyl (C=O) groups excluding carboxylic acids is 2. The van der Waals surface area contributed by atoms with Gasteiger partial charge in [-0.3, -0.25) is 19.7 Å². The van der Waals surface area contributed by atoms with Crippen LogP contribution in [-0.4, -0.2) is 52.2 Å². The Morgan fingerprint density at radius 1 is 0.975 bits per heavy atom. The van der Waals surface area contributed by atoms with E-state index in [9.17, 15) is 19.7 Å². The van der Waals surface area contributed by atoms with Gasteiger partial charge in [0.1, 0.15) is 0 Å². The van der Waals surface area contributed by atoms with E-state index in [4.69, 9.17) is 0 Å². The van der Waals surface area contributed by atoms with Gasteiger partial charge in [-0.15, -0.1) is 0 Å². The summed E-state index contributed by atoms with van der Waals surface area (Å²) >= 11 is 0. The number of rotatable bonds is 9. The summed E-state index contributed by atoms with van der Waals surface area (Å²) in [6.45, 7) is 7.90. The lowest BCUT2D eigenvalue weighted by Gasteiger charge is -2.62. The number of nitro groups is 1. The van der Waals surface area contributed by atoms with Crippen LogP contribution >= 0.6 is 0 Å². The van der Waals surface area contributed by atoms with E-state index < -0.39 is 4.92 Å². The van der Waals surface area contributed by atoms with E-state index in [1.165, 1.54) is 44.2 Å². The molecule has 0 radical (unpaired) electrons. The van der Waals surface area contributed by atoms with E-state index in [2.05, 4.69) is 30.6 Å². The third-order valence-electron chi connectivity index (χ3n) is 12.0. The molecule has 0 N–H and O–H groups in total. The van der Waals surface area contributed by atoms with Gasteiger partial charge in [0, 0.05) is 49.8 Å². The lowest BCUT2D eigenvalue weighted by molar-refractivity contribution is -0.384. The average Bonchev–Trinajstić information content (AvgIpc) is 3.29. The molecule has 1 aromatic rings. The van der Waals surface area contributed by atoms with Crippen molar-refractivity contribution in [1.82, 2.24) is 9.80 Å². The Morgan fingerprint density at radius 2 is 1.68 bits per heavy atom. The molecule has 1 aliphatic heterocycles. The lowest BCUT2D eigenvalue weighted by atomic mass is 9.47. The van der Waals surface area contributed by atoms with Gasteiger partial charge < -0.3 is 9.80 Å². The van der Waals surface area contributed by atoms with Crippen molar-refractivity contribution in [1.29, 1.82) is 0 Å². The summed E-state index contributed by atoms with van der Waals surface area (Å²) in [4.78, 5) is 41.6. The molecular formula is C33H49N3O4. The van der Waals surface area contributed by atoms with E-state index in [0.29, 0.717) is 41.7 Å². The second-order valence-corrected chi connectivity index (χ2v) is 13.8. The number of nitro benzene ring substituents is 1. The van der Waals surface area contributed by atoms with Crippen LogP contribution in [0.2, 0.25) is 0 Å². The lowest BCUT2D eigenvalue weighted by Crippen LogP contribution is -2.62. The van der Waals surface area contributed by atoms with Crippen molar-refractivity contribution >= 4 is 17.5 Å². The summed E-state index contributed by atoms with van der Waals surface area (Å²) in [5.74, 6) is 2.24. The first-order valence-electron chi connectivity index (χ1n) is 15.9. The van der Waals surface area contributed by atoms with Crippen molar-refractivity contribution in [3.63, 3.8) is 0 Å². The van der Waals surface area contributed by atoms with Crippen molar-refractivity contribution in [2.24, 2.45) is 28.6 Å². The molecule has 0 aromatic heterocycles. The van der Waals surface area contributed by atoms with Crippen LogP contribution in [0.5, 0.6) is 0 Å². The molecule has 4 fully saturated rings. The Kier molecular flexibility index (Phi) is 8.32. The second kappa shape index (κ2) is 11.4. The number of non-ortho nitro benzene ring substituents is 1. The molecular weight excluding hydrogens is 502 g/mol. The molecule has 7 heteroatoms. The minimum Gasteiger partial charge on any atom is -0.342 e. The molecule has 0 spiro atoms. The zero-order valence-electron chi connectivity index (χ0n) is 25.1. The van der Waals surface area contributed by atoms with Crippen LogP contribution in [0.1, 0.15) is 115 Å². The molecule has 3 aliphatic carbocycles. The highest BCUT2D eigenvalue weighted by molar-refractivity contribution is 5.94. The second-order valence-electron chi connectivity index (χ2n) is 13.8. The van der Waals surface area contributed by atoms with Gasteiger partial charge in [0.2, 0.25) is 5.91 Å². The van der Waals surface area contributed by atoms with Crippen molar-refractivity contribution in [3.05, 3.63) is 39.9 Å². The van der Waals surface area contributed by atoms with Gasteiger partial charge in [-0.25, -0.2) is 0 Å². The predicted molar refractivity (Wildman–Crippen MR) is 157 cm³/mol. The first-order chi connectivity index (χ1) is 19.1. The maximum Gasteiger partial charge on any atom is 0.269 e. The molecule has 2 amide bonds. The highest BCUT2D eigenvalue weighted by Crippen LogP contribution is 2.65. The average molecular weight is 552 g/mol. The van der Waals surface area contributed by atoms with Crippen molar-refractivity contribution in [2.75, 3.05) is 13.6 Å². The fourth-order valence-electron chi connectivity index (χ4n) is 9.81. The van der Waals surface area contributed by atoms with Crippen molar-refractivity contribution < 1.29 is 14.5 Å². The number of unbranched alkanes of at least 4 members (excludes halogenated alkanes) is 4.